The van der Waals surface area contributed by atoms with E-state index >= 15 is 0 Å². The van der Waals surface area contributed by atoms with Gasteiger partial charge in [-0.1, -0.05) is 32.0 Å². The van der Waals surface area contributed by atoms with Crippen molar-refractivity contribution in [2.45, 2.75) is 32.3 Å². The number of nitrogens with zero attached hydrogens (tertiary/aromatic N) is 1. The van der Waals surface area contributed by atoms with Crippen molar-refractivity contribution in [3.63, 3.8) is 0 Å². The Hall–Kier alpha value is -1.85. The molecule has 4 nitrogen and oxygen atoms in total. The van der Waals surface area contributed by atoms with Crippen LogP contribution in [0.3, 0.4) is 0 Å². The molecule has 5 heteroatoms. The van der Waals surface area contributed by atoms with Crippen molar-refractivity contribution in [3.8, 4) is 0 Å². The molecule has 0 bridgehead atoms. The Morgan fingerprint density at radius 2 is 2.14 bits per heavy atom. The molecular weight excluding hydrogens is 294 g/mol. The lowest BCUT2D eigenvalue weighted by Gasteiger charge is -2.19. The van der Waals surface area contributed by atoms with E-state index in [1.165, 1.54) is 16.9 Å². The van der Waals surface area contributed by atoms with E-state index in [9.17, 15) is 5.11 Å². The van der Waals surface area contributed by atoms with Crippen LogP contribution in [0.15, 0.2) is 46.8 Å². The zero-order valence-corrected chi connectivity index (χ0v) is 14.0. The highest BCUT2D eigenvalue weighted by molar-refractivity contribution is 7.10. The van der Waals surface area contributed by atoms with E-state index in [1.807, 2.05) is 29.6 Å². The average Bonchev–Trinajstić information content (AvgIpc) is 3.00. The molecule has 1 heterocycles. The van der Waals surface area contributed by atoms with Gasteiger partial charge in [0, 0.05) is 10.6 Å². The van der Waals surface area contributed by atoms with E-state index in [4.69, 9.17) is 5.73 Å². The van der Waals surface area contributed by atoms with Gasteiger partial charge in [0.1, 0.15) is 5.60 Å². The van der Waals surface area contributed by atoms with Gasteiger partial charge in [0.25, 0.3) is 0 Å². The molecule has 0 saturated heterocycles. The van der Waals surface area contributed by atoms with Crippen LogP contribution in [0.5, 0.6) is 0 Å². The molecule has 1 aromatic heterocycles. The van der Waals surface area contributed by atoms with Crippen LogP contribution >= 0.6 is 11.3 Å². The minimum Gasteiger partial charge on any atom is -0.383 e. The minimum absolute atomic E-state index is 0.218. The molecule has 0 aliphatic rings. The Morgan fingerprint density at radius 3 is 2.77 bits per heavy atom. The van der Waals surface area contributed by atoms with E-state index in [0.29, 0.717) is 11.9 Å². The predicted octanol–water partition coefficient (Wildman–Crippen LogP) is 3.51. The highest BCUT2D eigenvalue weighted by atomic mass is 32.1. The minimum atomic E-state index is -1.000. The summed E-state index contributed by atoms with van der Waals surface area (Å²) in [5, 5.41) is 15.4. The van der Waals surface area contributed by atoms with Crippen molar-refractivity contribution in [2.75, 3.05) is 11.9 Å². The molecule has 0 aliphatic carbocycles. The summed E-state index contributed by atoms with van der Waals surface area (Å²) in [5.41, 5.74) is 7.07. The fraction of sp³-hybridized carbons (Fsp3) is 0.353. The molecule has 118 valence electrons. The fourth-order valence-electron chi connectivity index (χ4n) is 2.07. The quantitative estimate of drug-likeness (QED) is 0.584. The summed E-state index contributed by atoms with van der Waals surface area (Å²) in [7, 11) is 0. The fourth-order valence-corrected chi connectivity index (χ4v) is 2.84. The molecule has 2 aromatic rings. The number of hydrogen-bond donors (Lipinski definition) is 3. The monoisotopic (exact) mass is 317 g/mol. The second kappa shape index (κ2) is 6.94. The smallest absolute Gasteiger partial charge is 0.193 e. The van der Waals surface area contributed by atoms with Crippen LogP contribution in [-0.2, 0) is 5.60 Å². The average molecular weight is 317 g/mol. The van der Waals surface area contributed by atoms with Gasteiger partial charge in [0.2, 0.25) is 0 Å². The van der Waals surface area contributed by atoms with E-state index in [2.05, 4.69) is 36.3 Å². The number of benzene rings is 1. The van der Waals surface area contributed by atoms with Gasteiger partial charge in [0.05, 0.1) is 6.54 Å². The van der Waals surface area contributed by atoms with Crippen LogP contribution in [-0.4, -0.2) is 17.6 Å². The SMILES string of the molecule is CC(C)c1cccc(NC(N)=NCC(C)(O)c2cccs2)c1. The maximum Gasteiger partial charge on any atom is 0.193 e. The second-order valence-electron chi connectivity index (χ2n) is 5.86. The molecule has 0 aliphatic heterocycles. The van der Waals surface area contributed by atoms with Crippen LogP contribution in [0.25, 0.3) is 0 Å². The molecule has 1 atom stereocenters. The number of thiophene rings is 1. The number of rotatable bonds is 5. The van der Waals surface area contributed by atoms with Crippen LogP contribution in [0.2, 0.25) is 0 Å². The first-order valence-electron chi connectivity index (χ1n) is 7.32. The summed E-state index contributed by atoms with van der Waals surface area (Å²) in [5.74, 6) is 0.761. The van der Waals surface area contributed by atoms with Gasteiger partial charge < -0.3 is 16.2 Å². The molecule has 1 unspecified atom stereocenters. The molecule has 0 radical (unpaired) electrons. The Balaban J connectivity index is 2.03. The summed E-state index contributed by atoms with van der Waals surface area (Å²) >= 11 is 1.51. The molecular formula is C17H23N3OS. The van der Waals surface area contributed by atoms with E-state index < -0.39 is 5.60 Å². The largest absolute Gasteiger partial charge is 0.383 e. The van der Waals surface area contributed by atoms with Crippen molar-refractivity contribution in [3.05, 3.63) is 52.2 Å². The number of hydrogen-bond acceptors (Lipinski definition) is 3. The van der Waals surface area contributed by atoms with Gasteiger partial charge in [0.15, 0.2) is 5.96 Å². The summed E-state index contributed by atoms with van der Waals surface area (Å²) < 4.78 is 0. The van der Waals surface area contributed by atoms with Crippen molar-refractivity contribution in [1.29, 1.82) is 0 Å². The Bertz CT molecular complexity index is 633. The first kappa shape index (κ1) is 16.5. The molecule has 0 spiro atoms. The highest BCUT2D eigenvalue weighted by Gasteiger charge is 2.23. The molecule has 2 rings (SSSR count). The van der Waals surface area contributed by atoms with Crippen molar-refractivity contribution < 1.29 is 5.11 Å². The summed E-state index contributed by atoms with van der Waals surface area (Å²) in [6.07, 6.45) is 0. The number of aliphatic hydroxyl groups is 1. The Labute approximate surface area is 135 Å². The number of aliphatic imine (C=N–C) groups is 1. The van der Waals surface area contributed by atoms with Crippen molar-refractivity contribution in [1.82, 2.24) is 0 Å². The van der Waals surface area contributed by atoms with Crippen LogP contribution in [0, 0.1) is 0 Å². The highest BCUT2D eigenvalue weighted by Crippen LogP contribution is 2.25. The summed E-state index contributed by atoms with van der Waals surface area (Å²) in [4.78, 5) is 5.14. The van der Waals surface area contributed by atoms with Gasteiger partial charge in [-0.15, -0.1) is 11.3 Å². The normalized spacial score (nSPS) is 14.9. The van der Waals surface area contributed by atoms with Gasteiger partial charge in [-0.3, -0.25) is 0 Å². The van der Waals surface area contributed by atoms with Crippen LogP contribution in [0.1, 0.15) is 37.1 Å². The van der Waals surface area contributed by atoms with E-state index in [1.54, 1.807) is 6.92 Å². The standard InChI is InChI=1S/C17H23N3OS/c1-12(2)13-6-4-7-14(10-13)20-16(18)19-11-17(3,21)15-8-5-9-22-15/h4-10,12,21H,11H2,1-3H3,(H3,18,19,20). The summed E-state index contributed by atoms with van der Waals surface area (Å²) in [6.45, 7) is 6.26. The van der Waals surface area contributed by atoms with Gasteiger partial charge >= 0.3 is 0 Å². The van der Waals surface area contributed by atoms with Gasteiger partial charge in [-0.2, -0.15) is 0 Å². The number of guanidine groups is 1. The first-order chi connectivity index (χ1) is 10.4. The second-order valence-corrected chi connectivity index (χ2v) is 6.81. The lowest BCUT2D eigenvalue weighted by atomic mass is 10.0. The topological polar surface area (TPSA) is 70.6 Å². The zero-order valence-electron chi connectivity index (χ0n) is 13.2. The van der Waals surface area contributed by atoms with Crippen molar-refractivity contribution >= 4 is 23.0 Å². The lowest BCUT2D eigenvalue weighted by molar-refractivity contribution is 0.0713. The van der Waals surface area contributed by atoms with E-state index in [-0.39, 0.29) is 6.54 Å². The van der Waals surface area contributed by atoms with E-state index in [0.717, 1.165) is 10.6 Å². The van der Waals surface area contributed by atoms with Crippen molar-refractivity contribution in [2.24, 2.45) is 10.7 Å². The lowest BCUT2D eigenvalue weighted by Crippen LogP contribution is -2.29. The molecule has 22 heavy (non-hydrogen) atoms. The number of nitrogens with two attached hydrogens (primary N) is 1. The van der Waals surface area contributed by atoms with Gasteiger partial charge in [-0.25, -0.2) is 4.99 Å². The third kappa shape index (κ3) is 4.32. The Morgan fingerprint density at radius 1 is 1.36 bits per heavy atom. The zero-order chi connectivity index (χ0) is 16.2. The maximum atomic E-state index is 10.4. The molecule has 0 fully saturated rings. The number of nitrogens with one attached hydrogen (secondary N) is 1. The van der Waals surface area contributed by atoms with Gasteiger partial charge in [-0.05, 0) is 42.0 Å². The maximum absolute atomic E-state index is 10.4. The van der Waals surface area contributed by atoms with Crippen LogP contribution in [0.4, 0.5) is 5.69 Å². The molecule has 0 saturated carbocycles. The molecule has 0 amide bonds. The molecule has 1 aromatic carbocycles. The third-order valence-corrected chi connectivity index (χ3v) is 4.56. The molecule has 4 N–H and O–H groups in total. The van der Waals surface area contributed by atoms with Crippen LogP contribution < -0.4 is 11.1 Å². The first-order valence-corrected chi connectivity index (χ1v) is 8.20. The number of anilines is 1. The Kier molecular flexibility index (Phi) is 5.21. The predicted molar refractivity (Wildman–Crippen MR) is 94.5 cm³/mol. The summed E-state index contributed by atoms with van der Waals surface area (Å²) in [6, 6.07) is 11.9. The third-order valence-electron chi connectivity index (χ3n) is 3.43.